The number of benzene rings is 1. The van der Waals surface area contributed by atoms with E-state index in [9.17, 15) is 0 Å². The predicted molar refractivity (Wildman–Crippen MR) is 82.8 cm³/mol. The van der Waals surface area contributed by atoms with Crippen molar-refractivity contribution in [3.05, 3.63) is 29.8 Å². The molecule has 1 unspecified atom stereocenters. The highest BCUT2D eigenvalue weighted by Crippen LogP contribution is 2.31. The molecule has 0 aliphatic carbocycles. The second-order valence-electron chi connectivity index (χ2n) is 5.18. The summed E-state index contributed by atoms with van der Waals surface area (Å²) in [5, 5.41) is 4.28. The van der Waals surface area contributed by atoms with Gasteiger partial charge in [-0.25, -0.2) is 0 Å². The lowest BCUT2D eigenvalue weighted by atomic mass is 10.1. The fraction of sp³-hybridized carbons (Fsp3) is 0.625. The summed E-state index contributed by atoms with van der Waals surface area (Å²) in [6.45, 7) is 7.38. The average molecular weight is 279 g/mol. The molecule has 0 amide bonds. The molecular weight excluding hydrogens is 254 g/mol. The molecule has 0 aromatic heterocycles. The van der Waals surface area contributed by atoms with Crippen LogP contribution in [0.25, 0.3) is 0 Å². The van der Waals surface area contributed by atoms with E-state index in [1.807, 2.05) is 11.8 Å². The Hall–Kier alpha value is -0.510. The van der Waals surface area contributed by atoms with Gasteiger partial charge in [0.25, 0.3) is 0 Å². The lowest BCUT2D eigenvalue weighted by molar-refractivity contribution is 0.100. The molecule has 1 aliphatic rings. The normalized spacial score (nSPS) is 18.4. The SMILES string of the molecule is CCCNC(C)c1cccc(SC2CCOCC2)c1. The highest BCUT2D eigenvalue weighted by molar-refractivity contribution is 8.00. The van der Waals surface area contributed by atoms with Crippen molar-refractivity contribution in [3.63, 3.8) is 0 Å². The van der Waals surface area contributed by atoms with Crippen LogP contribution in [0.4, 0.5) is 0 Å². The van der Waals surface area contributed by atoms with Crippen LogP contribution in [-0.4, -0.2) is 25.0 Å². The molecule has 2 rings (SSSR count). The van der Waals surface area contributed by atoms with Gasteiger partial charge in [0.15, 0.2) is 0 Å². The van der Waals surface area contributed by atoms with Crippen molar-refractivity contribution < 1.29 is 4.74 Å². The minimum atomic E-state index is 0.440. The fourth-order valence-electron chi connectivity index (χ4n) is 2.32. The molecule has 1 saturated heterocycles. The lowest BCUT2D eigenvalue weighted by Crippen LogP contribution is -2.19. The zero-order chi connectivity index (χ0) is 13.5. The van der Waals surface area contributed by atoms with Crippen LogP contribution in [0.2, 0.25) is 0 Å². The molecule has 106 valence electrons. The molecular formula is C16H25NOS. The molecule has 1 fully saturated rings. The summed E-state index contributed by atoms with van der Waals surface area (Å²) >= 11 is 2.01. The van der Waals surface area contributed by atoms with E-state index < -0.39 is 0 Å². The lowest BCUT2D eigenvalue weighted by Gasteiger charge is -2.22. The quantitative estimate of drug-likeness (QED) is 0.850. The van der Waals surface area contributed by atoms with E-state index in [4.69, 9.17) is 4.74 Å². The minimum absolute atomic E-state index is 0.440. The summed E-state index contributed by atoms with van der Waals surface area (Å²) in [4.78, 5) is 1.40. The predicted octanol–water partition coefficient (Wildman–Crippen LogP) is 4.02. The first-order valence-electron chi connectivity index (χ1n) is 7.37. The van der Waals surface area contributed by atoms with Crippen molar-refractivity contribution in [2.45, 2.75) is 49.3 Å². The topological polar surface area (TPSA) is 21.3 Å². The second-order valence-corrected chi connectivity index (χ2v) is 6.55. The standard InChI is InChI=1S/C16H25NOS/c1-3-9-17-13(2)14-5-4-6-16(12-14)19-15-7-10-18-11-8-15/h4-6,12-13,15,17H,3,7-11H2,1-2H3. The maximum Gasteiger partial charge on any atom is 0.0476 e. The van der Waals surface area contributed by atoms with E-state index in [0.717, 1.165) is 25.0 Å². The third-order valence-electron chi connectivity index (χ3n) is 3.53. The third kappa shape index (κ3) is 4.83. The van der Waals surface area contributed by atoms with Gasteiger partial charge in [0, 0.05) is 29.4 Å². The summed E-state index contributed by atoms with van der Waals surface area (Å²) in [7, 11) is 0. The molecule has 0 saturated carbocycles. The van der Waals surface area contributed by atoms with Crippen LogP contribution in [0.3, 0.4) is 0 Å². The molecule has 1 aliphatic heterocycles. The van der Waals surface area contributed by atoms with Crippen LogP contribution in [0, 0.1) is 0 Å². The molecule has 1 atom stereocenters. The summed E-state index contributed by atoms with van der Waals surface area (Å²) in [6.07, 6.45) is 3.54. The maximum absolute atomic E-state index is 5.42. The van der Waals surface area contributed by atoms with E-state index in [-0.39, 0.29) is 0 Å². The van der Waals surface area contributed by atoms with Gasteiger partial charge in [-0.05, 0) is 50.4 Å². The van der Waals surface area contributed by atoms with E-state index >= 15 is 0 Å². The number of rotatable bonds is 6. The molecule has 0 radical (unpaired) electrons. The van der Waals surface area contributed by atoms with Gasteiger partial charge >= 0.3 is 0 Å². The van der Waals surface area contributed by atoms with Gasteiger partial charge in [-0.2, -0.15) is 0 Å². The van der Waals surface area contributed by atoms with Gasteiger partial charge in [-0.3, -0.25) is 0 Å². The molecule has 2 nitrogen and oxygen atoms in total. The largest absolute Gasteiger partial charge is 0.381 e. The van der Waals surface area contributed by atoms with Gasteiger partial charge in [-0.1, -0.05) is 19.1 Å². The van der Waals surface area contributed by atoms with Gasteiger partial charge in [-0.15, -0.1) is 11.8 Å². The van der Waals surface area contributed by atoms with Crippen LogP contribution in [-0.2, 0) is 4.74 Å². The van der Waals surface area contributed by atoms with E-state index in [0.29, 0.717) is 6.04 Å². The van der Waals surface area contributed by atoms with Crippen LogP contribution in [0.1, 0.15) is 44.7 Å². The number of thioether (sulfide) groups is 1. The van der Waals surface area contributed by atoms with Crippen LogP contribution < -0.4 is 5.32 Å². The summed E-state index contributed by atoms with van der Waals surface area (Å²) < 4.78 is 5.42. The van der Waals surface area contributed by atoms with Crippen molar-refractivity contribution >= 4 is 11.8 Å². The van der Waals surface area contributed by atoms with Gasteiger partial charge in [0.1, 0.15) is 0 Å². The zero-order valence-electron chi connectivity index (χ0n) is 12.0. The van der Waals surface area contributed by atoms with Crippen molar-refractivity contribution in [3.8, 4) is 0 Å². The Morgan fingerprint density at radius 3 is 2.89 bits per heavy atom. The van der Waals surface area contributed by atoms with Crippen molar-refractivity contribution in [2.24, 2.45) is 0 Å². The third-order valence-corrected chi connectivity index (χ3v) is 4.86. The smallest absolute Gasteiger partial charge is 0.0476 e. The number of hydrogen-bond donors (Lipinski definition) is 1. The summed E-state index contributed by atoms with van der Waals surface area (Å²) in [5.41, 5.74) is 1.39. The first-order valence-corrected chi connectivity index (χ1v) is 8.25. The molecule has 0 bridgehead atoms. The van der Waals surface area contributed by atoms with Crippen molar-refractivity contribution in [1.29, 1.82) is 0 Å². The average Bonchev–Trinajstić information content (AvgIpc) is 2.46. The summed E-state index contributed by atoms with van der Waals surface area (Å²) in [5.74, 6) is 0. The number of nitrogens with one attached hydrogen (secondary N) is 1. The first-order chi connectivity index (χ1) is 9.29. The van der Waals surface area contributed by atoms with E-state index in [1.54, 1.807) is 0 Å². The molecule has 1 aromatic rings. The highest BCUT2D eigenvalue weighted by Gasteiger charge is 2.15. The first kappa shape index (κ1) is 14.9. The Balaban J connectivity index is 1.93. The van der Waals surface area contributed by atoms with Crippen LogP contribution in [0.15, 0.2) is 29.2 Å². The van der Waals surface area contributed by atoms with Crippen LogP contribution >= 0.6 is 11.8 Å². The van der Waals surface area contributed by atoms with Crippen molar-refractivity contribution in [2.75, 3.05) is 19.8 Å². The molecule has 1 N–H and O–H groups in total. The van der Waals surface area contributed by atoms with Crippen LogP contribution in [0.5, 0.6) is 0 Å². The van der Waals surface area contributed by atoms with Gasteiger partial charge < -0.3 is 10.1 Å². The number of hydrogen-bond acceptors (Lipinski definition) is 3. The maximum atomic E-state index is 5.42. The Labute approximate surface area is 121 Å². The van der Waals surface area contributed by atoms with Crippen molar-refractivity contribution in [1.82, 2.24) is 5.32 Å². The highest BCUT2D eigenvalue weighted by atomic mass is 32.2. The Bertz CT molecular complexity index is 377. The minimum Gasteiger partial charge on any atom is -0.381 e. The van der Waals surface area contributed by atoms with E-state index in [2.05, 4.69) is 43.4 Å². The second kappa shape index (κ2) is 7.93. The monoisotopic (exact) mass is 279 g/mol. The molecule has 1 heterocycles. The van der Waals surface area contributed by atoms with E-state index in [1.165, 1.54) is 29.7 Å². The molecule has 3 heteroatoms. The fourth-order valence-corrected chi connectivity index (χ4v) is 3.50. The zero-order valence-corrected chi connectivity index (χ0v) is 12.8. The Morgan fingerprint density at radius 1 is 1.37 bits per heavy atom. The molecule has 19 heavy (non-hydrogen) atoms. The summed E-state index contributed by atoms with van der Waals surface area (Å²) in [6, 6.07) is 9.42. The molecule has 0 spiro atoms. The Kier molecular flexibility index (Phi) is 6.21. The van der Waals surface area contributed by atoms with Gasteiger partial charge in [0.2, 0.25) is 0 Å². The molecule has 1 aromatic carbocycles. The van der Waals surface area contributed by atoms with Gasteiger partial charge in [0.05, 0.1) is 0 Å². The Morgan fingerprint density at radius 2 is 2.16 bits per heavy atom. The number of ether oxygens (including phenoxy) is 1.